The molecule has 0 spiro atoms. The Balaban J connectivity index is 1.83. The Labute approximate surface area is 128 Å². The van der Waals surface area contributed by atoms with Crippen LogP contribution >= 0.6 is 22.9 Å². The Morgan fingerprint density at radius 2 is 1.90 bits per heavy atom. The fourth-order valence-corrected chi connectivity index (χ4v) is 3.51. The second kappa shape index (κ2) is 6.02. The van der Waals surface area contributed by atoms with Gasteiger partial charge in [0.1, 0.15) is 0 Å². The molecule has 0 unspecified atom stereocenters. The van der Waals surface area contributed by atoms with Gasteiger partial charge in [-0.3, -0.25) is 0 Å². The first-order valence-corrected chi connectivity index (χ1v) is 8.26. The first-order valence-electron chi connectivity index (χ1n) is 7.00. The van der Waals surface area contributed by atoms with E-state index in [4.69, 9.17) is 22.3 Å². The van der Waals surface area contributed by atoms with Gasteiger partial charge in [0.25, 0.3) is 0 Å². The van der Waals surface area contributed by atoms with Gasteiger partial charge in [0.15, 0.2) is 5.13 Å². The largest absolute Gasteiger partial charge is 0.398 e. The molecule has 0 aliphatic carbocycles. The van der Waals surface area contributed by atoms with E-state index < -0.39 is 0 Å². The van der Waals surface area contributed by atoms with Crippen molar-refractivity contribution >= 4 is 33.8 Å². The third kappa shape index (κ3) is 2.91. The Hall–Kier alpha value is -1.26. The molecule has 0 saturated carbocycles. The summed E-state index contributed by atoms with van der Waals surface area (Å²) >= 11 is 7.67. The van der Waals surface area contributed by atoms with Crippen LogP contribution in [0.15, 0.2) is 23.6 Å². The number of halogens is 1. The molecule has 20 heavy (non-hydrogen) atoms. The number of hydrogen-bond acceptors (Lipinski definition) is 4. The average molecular weight is 308 g/mol. The highest BCUT2D eigenvalue weighted by atomic mass is 35.5. The summed E-state index contributed by atoms with van der Waals surface area (Å²) in [4.78, 5) is 7.17. The van der Waals surface area contributed by atoms with E-state index in [0.29, 0.717) is 10.7 Å². The lowest BCUT2D eigenvalue weighted by Crippen LogP contribution is -2.23. The van der Waals surface area contributed by atoms with Crippen molar-refractivity contribution in [2.24, 2.45) is 0 Å². The molecule has 106 valence electrons. The standard InChI is InChI=1S/C15H18ClN3S/c16-12-6-5-11(9-13(12)17)14-10-20-15(18-14)19-7-3-1-2-4-8-19/h5-6,9-10H,1-4,7-8,17H2. The van der Waals surface area contributed by atoms with Crippen LogP contribution in [0.2, 0.25) is 5.02 Å². The van der Waals surface area contributed by atoms with Crippen molar-refractivity contribution in [3.05, 3.63) is 28.6 Å². The summed E-state index contributed by atoms with van der Waals surface area (Å²) in [6.07, 6.45) is 5.20. The third-order valence-electron chi connectivity index (χ3n) is 3.66. The van der Waals surface area contributed by atoms with E-state index in [-0.39, 0.29) is 0 Å². The van der Waals surface area contributed by atoms with Gasteiger partial charge in [0, 0.05) is 24.0 Å². The number of benzene rings is 1. The molecule has 2 aromatic rings. The number of hydrogen-bond donors (Lipinski definition) is 1. The van der Waals surface area contributed by atoms with Crippen molar-refractivity contribution < 1.29 is 0 Å². The molecule has 0 radical (unpaired) electrons. The molecular weight excluding hydrogens is 290 g/mol. The zero-order valence-corrected chi connectivity index (χ0v) is 12.9. The maximum absolute atomic E-state index is 5.96. The molecule has 1 aromatic heterocycles. The van der Waals surface area contributed by atoms with Crippen molar-refractivity contribution in [3.63, 3.8) is 0 Å². The van der Waals surface area contributed by atoms with E-state index in [0.717, 1.165) is 29.5 Å². The SMILES string of the molecule is Nc1cc(-c2csc(N3CCCCCC3)n2)ccc1Cl. The van der Waals surface area contributed by atoms with Crippen molar-refractivity contribution in [3.8, 4) is 11.3 Å². The minimum Gasteiger partial charge on any atom is -0.398 e. The van der Waals surface area contributed by atoms with Gasteiger partial charge in [-0.05, 0) is 25.0 Å². The number of anilines is 2. The molecule has 5 heteroatoms. The first kappa shape index (κ1) is 13.7. The Kier molecular flexibility index (Phi) is 4.13. The molecule has 1 aliphatic rings. The molecule has 2 N–H and O–H groups in total. The lowest BCUT2D eigenvalue weighted by molar-refractivity contribution is 0.726. The minimum atomic E-state index is 0.594. The van der Waals surface area contributed by atoms with Crippen molar-refractivity contribution in [2.75, 3.05) is 23.7 Å². The summed E-state index contributed by atoms with van der Waals surface area (Å²) in [7, 11) is 0. The fourth-order valence-electron chi connectivity index (χ4n) is 2.51. The Morgan fingerprint density at radius 1 is 1.15 bits per heavy atom. The van der Waals surface area contributed by atoms with Gasteiger partial charge < -0.3 is 10.6 Å². The summed E-state index contributed by atoms with van der Waals surface area (Å²) in [6, 6.07) is 5.70. The topological polar surface area (TPSA) is 42.1 Å². The van der Waals surface area contributed by atoms with Crippen molar-refractivity contribution in [1.29, 1.82) is 0 Å². The maximum atomic E-state index is 5.96. The third-order valence-corrected chi connectivity index (χ3v) is 4.91. The van der Waals surface area contributed by atoms with Gasteiger partial charge in [-0.2, -0.15) is 0 Å². The number of aromatic nitrogens is 1. The van der Waals surface area contributed by atoms with Crippen LogP contribution in [0.3, 0.4) is 0 Å². The smallest absolute Gasteiger partial charge is 0.185 e. The Morgan fingerprint density at radius 3 is 2.60 bits per heavy atom. The molecular formula is C15H18ClN3S. The summed E-state index contributed by atoms with van der Waals surface area (Å²) in [6.45, 7) is 2.24. The number of nitrogens with two attached hydrogens (primary N) is 1. The summed E-state index contributed by atoms with van der Waals surface area (Å²) in [5.74, 6) is 0. The molecule has 3 rings (SSSR count). The number of nitrogens with zero attached hydrogens (tertiary/aromatic N) is 2. The van der Waals surface area contributed by atoms with Crippen LogP contribution < -0.4 is 10.6 Å². The lowest BCUT2D eigenvalue weighted by atomic mass is 10.1. The van der Waals surface area contributed by atoms with E-state index >= 15 is 0 Å². The van der Waals surface area contributed by atoms with Gasteiger partial charge in [-0.15, -0.1) is 11.3 Å². The monoisotopic (exact) mass is 307 g/mol. The summed E-state index contributed by atoms with van der Waals surface area (Å²) in [5, 5.41) is 3.82. The van der Waals surface area contributed by atoms with E-state index in [1.807, 2.05) is 18.2 Å². The molecule has 1 aliphatic heterocycles. The van der Waals surface area contributed by atoms with Crippen LogP contribution in [0.5, 0.6) is 0 Å². The Bertz CT molecular complexity index is 589. The van der Waals surface area contributed by atoms with Gasteiger partial charge in [0.05, 0.1) is 16.4 Å². The van der Waals surface area contributed by atoms with Crippen LogP contribution in [-0.4, -0.2) is 18.1 Å². The highest BCUT2D eigenvalue weighted by molar-refractivity contribution is 7.14. The van der Waals surface area contributed by atoms with Gasteiger partial charge in [-0.1, -0.05) is 30.5 Å². The first-order chi connectivity index (χ1) is 9.74. The summed E-state index contributed by atoms with van der Waals surface area (Å²) in [5.41, 5.74) is 8.48. The highest BCUT2D eigenvalue weighted by Gasteiger charge is 2.14. The molecule has 2 heterocycles. The number of rotatable bonds is 2. The van der Waals surface area contributed by atoms with E-state index in [2.05, 4.69) is 10.3 Å². The fraction of sp³-hybridized carbons (Fsp3) is 0.400. The summed E-state index contributed by atoms with van der Waals surface area (Å²) < 4.78 is 0. The molecule has 1 aromatic carbocycles. The zero-order valence-electron chi connectivity index (χ0n) is 11.3. The maximum Gasteiger partial charge on any atom is 0.185 e. The molecule has 3 nitrogen and oxygen atoms in total. The predicted octanol–water partition coefficient (Wildman–Crippen LogP) is 4.43. The van der Waals surface area contributed by atoms with E-state index in [1.165, 1.54) is 25.7 Å². The van der Waals surface area contributed by atoms with Crippen molar-refractivity contribution in [2.45, 2.75) is 25.7 Å². The van der Waals surface area contributed by atoms with Gasteiger partial charge in [-0.25, -0.2) is 4.98 Å². The average Bonchev–Trinajstić information content (AvgIpc) is 2.78. The zero-order chi connectivity index (χ0) is 13.9. The van der Waals surface area contributed by atoms with Crippen LogP contribution in [0.1, 0.15) is 25.7 Å². The quantitative estimate of drug-likeness (QED) is 0.835. The molecule has 0 bridgehead atoms. The molecule has 1 saturated heterocycles. The van der Waals surface area contributed by atoms with E-state index in [9.17, 15) is 0 Å². The second-order valence-electron chi connectivity index (χ2n) is 5.15. The van der Waals surface area contributed by atoms with Gasteiger partial charge >= 0.3 is 0 Å². The predicted molar refractivity (Wildman–Crippen MR) is 87.7 cm³/mol. The number of thiazole rings is 1. The lowest BCUT2D eigenvalue weighted by Gasteiger charge is -2.18. The molecule has 0 amide bonds. The van der Waals surface area contributed by atoms with Crippen LogP contribution in [0, 0.1) is 0 Å². The molecule has 1 fully saturated rings. The van der Waals surface area contributed by atoms with Gasteiger partial charge in [0.2, 0.25) is 0 Å². The van der Waals surface area contributed by atoms with Crippen LogP contribution in [0.25, 0.3) is 11.3 Å². The second-order valence-corrected chi connectivity index (χ2v) is 6.40. The number of nitrogen functional groups attached to an aromatic ring is 1. The van der Waals surface area contributed by atoms with Crippen LogP contribution in [0.4, 0.5) is 10.8 Å². The van der Waals surface area contributed by atoms with E-state index in [1.54, 1.807) is 11.3 Å². The van der Waals surface area contributed by atoms with Crippen molar-refractivity contribution in [1.82, 2.24) is 4.98 Å². The van der Waals surface area contributed by atoms with Crippen LogP contribution in [-0.2, 0) is 0 Å². The minimum absolute atomic E-state index is 0.594. The molecule has 0 atom stereocenters. The normalized spacial score (nSPS) is 16.1. The highest BCUT2D eigenvalue weighted by Crippen LogP contribution is 2.31.